The molecule has 2 atom stereocenters. The summed E-state index contributed by atoms with van der Waals surface area (Å²) < 4.78 is 5.52. The van der Waals surface area contributed by atoms with Crippen molar-refractivity contribution in [3.8, 4) is 0 Å². The second kappa shape index (κ2) is 3.76. The van der Waals surface area contributed by atoms with E-state index in [1.165, 1.54) is 18.6 Å². The zero-order valence-electron chi connectivity index (χ0n) is 7.82. The van der Waals surface area contributed by atoms with Gasteiger partial charge in [0, 0.05) is 5.25 Å². The van der Waals surface area contributed by atoms with Gasteiger partial charge < -0.3 is 10.2 Å². The predicted octanol–water partition coefficient (Wildman–Crippen LogP) is 2.48. The maximum Gasteiger partial charge on any atom is 0.121 e. The minimum absolute atomic E-state index is 0.0844. The molecule has 72 valence electrons. The summed E-state index contributed by atoms with van der Waals surface area (Å²) in [5, 5.41) is 0.561. The van der Waals surface area contributed by atoms with Crippen LogP contribution in [-0.2, 0) is 0 Å². The van der Waals surface area contributed by atoms with Crippen LogP contribution in [0.5, 0.6) is 0 Å². The van der Waals surface area contributed by atoms with Gasteiger partial charge in [-0.2, -0.15) is 11.8 Å². The SMILES string of the molecule is Cc1ccc([C@H](N)[C@H]2CCCS2)o1. The van der Waals surface area contributed by atoms with Crippen molar-refractivity contribution >= 4 is 11.8 Å². The molecule has 0 aliphatic carbocycles. The summed E-state index contributed by atoms with van der Waals surface area (Å²) >= 11 is 1.97. The fourth-order valence-electron chi connectivity index (χ4n) is 1.70. The van der Waals surface area contributed by atoms with Crippen LogP contribution >= 0.6 is 11.8 Å². The Morgan fingerprint density at radius 3 is 3.00 bits per heavy atom. The van der Waals surface area contributed by atoms with Crippen LogP contribution in [0.1, 0.15) is 30.4 Å². The first kappa shape index (κ1) is 9.16. The van der Waals surface area contributed by atoms with E-state index < -0.39 is 0 Å². The van der Waals surface area contributed by atoms with Crippen LogP contribution < -0.4 is 5.73 Å². The van der Waals surface area contributed by atoms with E-state index in [1.54, 1.807) is 0 Å². The lowest BCUT2D eigenvalue weighted by Gasteiger charge is -2.15. The highest BCUT2D eigenvalue weighted by Gasteiger charge is 2.25. The lowest BCUT2D eigenvalue weighted by atomic mass is 10.1. The quantitative estimate of drug-likeness (QED) is 0.791. The molecule has 0 saturated carbocycles. The zero-order chi connectivity index (χ0) is 9.26. The summed E-state index contributed by atoms with van der Waals surface area (Å²) in [6.45, 7) is 1.96. The highest BCUT2D eigenvalue weighted by molar-refractivity contribution is 8.00. The highest BCUT2D eigenvalue weighted by atomic mass is 32.2. The average Bonchev–Trinajstić information content (AvgIpc) is 2.72. The third kappa shape index (κ3) is 1.92. The first-order chi connectivity index (χ1) is 6.27. The summed E-state index contributed by atoms with van der Waals surface area (Å²) in [6.07, 6.45) is 2.52. The topological polar surface area (TPSA) is 39.2 Å². The van der Waals surface area contributed by atoms with Gasteiger partial charge in [-0.1, -0.05) is 0 Å². The molecule has 2 rings (SSSR count). The first-order valence-corrected chi connectivity index (χ1v) is 5.76. The Kier molecular flexibility index (Phi) is 2.65. The molecule has 3 heteroatoms. The monoisotopic (exact) mass is 197 g/mol. The van der Waals surface area contributed by atoms with E-state index in [2.05, 4.69) is 0 Å². The van der Waals surface area contributed by atoms with Gasteiger partial charge in [-0.15, -0.1) is 0 Å². The number of hydrogen-bond donors (Lipinski definition) is 1. The van der Waals surface area contributed by atoms with Gasteiger partial charge >= 0.3 is 0 Å². The van der Waals surface area contributed by atoms with Crippen molar-refractivity contribution in [1.29, 1.82) is 0 Å². The summed E-state index contributed by atoms with van der Waals surface area (Å²) in [4.78, 5) is 0. The molecule has 1 aromatic heterocycles. The van der Waals surface area contributed by atoms with Crippen molar-refractivity contribution in [3.63, 3.8) is 0 Å². The molecule has 2 nitrogen and oxygen atoms in total. The van der Waals surface area contributed by atoms with Gasteiger partial charge in [-0.25, -0.2) is 0 Å². The minimum Gasteiger partial charge on any atom is -0.465 e. The van der Waals surface area contributed by atoms with Gasteiger partial charge in [0.25, 0.3) is 0 Å². The van der Waals surface area contributed by atoms with Crippen molar-refractivity contribution in [2.24, 2.45) is 5.73 Å². The van der Waals surface area contributed by atoms with Gasteiger partial charge in [-0.3, -0.25) is 0 Å². The van der Waals surface area contributed by atoms with E-state index in [0.29, 0.717) is 5.25 Å². The van der Waals surface area contributed by atoms with E-state index in [1.807, 2.05) is 30.8 Å². The van der Waals surface area contributed by atoms with Crippen molar-refractivity contribution < 1.29 is 4.42 Å². The maximum absolute atomic E-state index is 6.10. The largest absolute Gasteiger partial charge is 0.465 e. The number of thioether (sulfide) groups is 1. The molecule has 1 saturated heterocycles. The molecule has 1 aliphatic heterocycles. The van der Waals surface area contributed by atoms with E-state index >= 15 is 0 Å². The van der Waals surface area contributed by atoms with Crippen LogP contribution in [0, 0.1) is 6.92 Å². The summed E-state index contributed by atoms with van der Waals surface area (Å²) in [6, 6.07) is 4.06. The molecule has 1 aromatic rings. The second-order valence-electron chi connectivity index (χ2n) is 3.53. The minimum atomic E-state index is 0.0844. The predicted molar refractivity (Wildman–Crippen MR) is 55.9 cm³/mol. The molecule has 2 N–H and O–H groups in total. The number of aryl methyl sites for hydroxylation is 1. The maximum atomic E-state index is 6.10. The second-order valence-corrected chi connectivity index (χ2v) is 4.87. The van der Waals surface area contributed by atoms with E-state index in [9.17, 15) is 0 Å². The fourth-order valence-corrected chi connectivity index (χ4v) is 3.01. The van der Waals surface area contributed by atoms with Gasteiger partial charge in [0.05, 0.1) is 6.04 Å². The molecule has 1 fully saturated rings. The van der Waals surface area contributed by atoms with Crippen molar-refractivity contribution in [2.45, 2.75) is 31.1 Å². The summed E-state index contributed by atoms with van der Waals surface area (Å²) in [5.41, 5.74) is 6.10. The Morgan fingerprint density at radius 1 is 1.62 bits per heavy atom. The molecule has 1 aliphatic rings. The number of rotatable bonds is 2. The Morgan fingerprint density at radius 2 is 2.46 bits per heavy atom. The third-order valence-electron chi connectivity index (χ3n) is 2.46. The number of furan rings is 1. The van der Waals surface area contributed by atoms with Crippen molar-refractivity contribution in [3.05, 3.63) is 23.7 Å². The van der Waals surface area contributed by atoms with E-state index in [0.717, 1.165) is 11.5 Å². The van der Waals surface area contributed by atoms with E-state index in [-0.39, 0.29) is 6.04 Å². The first-order valence-electron chi connectivity index (χ1n) is 4.71. The van der Waals surface area contributed by atoms with Crippen LogP contribution in [0.2, 0.25) is 0 Å². The molecule has 0 unspecified atom stereocenters. The van der Waals surface area contributed by atoms with Crippen LogP contribution in [0.25, 0.3) is 0 Å². The number of hydrogen-bond acceptors (Lipinski definition) is 3. The molecule has 0 amide bonds. The lowest BCUT2D eigenvalue weighted by Crippen LogP contribution is -2.20. The van der Waals surface area contributed by atoms with E-state index in [4.69, 9.17) is 10.2 Å². The smallest absolute Gasteiger partial charge is 0.121 e. The molecular weight excluding hydrogens is 182 g/mol. The normalized spacial score (nSPS) is 24.9. The standard InChI is InChI=1S/C10H15NOS/c1-7-4-5-8(12-7)10(11)9-3-2-6-13-9/h4-5,9-10H,2-3,6,11H2,1H3/t9-,10+/m1/s1. The van der Waals surface area contributed by atoms with Crippen LogP contribution in [0.4, 0.5) is 0 Å². The third-order valence-corrected chi connectivity index (χ3v) is 3.94. The Bertz CT molecular complexity index is 278. The van der Waals surface area contributed by atoms with Gasteiger partial charge in [0.15, 0.2) is 0 Å². The van der Waals surface area contributed by atoms with Crippen molar-refractivity contribution in [1.82, 2.24) is 0 Å². The Hall–Kier alpha value is -0.410. The van der Waals surface area contributed by atoms with Crippen LogP contribution in [0.3, 0.4) is 0 Å². The molecule has 2 heterocycles. The lowest BCUT2D eigenvalue weighted by molar-refractivity contribution is 0.437. The van der Waals surface area contributed by atoms with Crippen LogP contribution in [0.15, 0.2) is 16.5 Å². The van der Waals surface area contributed by atoms with Crippen LogP contribution in [-0.4, -0.2) is 11.0 Å². The zero-order valence-corrected chi connectivity index (χ0v) is 8.64. The molecule has 0 radical (unpaired) electrons. The molecule has 0 bridgehead atoms. The highest BCUT2D eigenvalue weighted by Crippen LogP contribution is 2.34. The Balaban J connectivity index is 2.07. The Labute approximate surface area is 82.9 Å². The summed E-state index contributed by atoms with van der Waals surface area (Å²) in [5.74, 6) is 3.14. The molecule has 13 heavy (non-hydrogen) atoms. The van der Waals surface area contributed by atoms with Gasteiger partial charge in [0.1, 0.15) is 11.5 Å². The summed E-state index contributed by atoms with van der Waals surface area (Å²) in [7, 11) is 0. The fraction of sp³-hybridized carbons (Fsp3) is 0.600. The number of nitrogens with two attached hydrogens (primary N) is 1. The van der Waals surface area contributed by atoms with Crippen molar-refractivity contribution in [2.75, 3.05) is 5.75 Å². The molecule has 0 spiro atoms. The molecule has 0 aromatic carbocycles. The van der Waals surface area contributed by atoms with Gasteiger partial charge in [-0.05, 0) is 37.7 Å². The average molecular weight is 197 g/mol. The molecular formula is C10H15NOS. The van der Waals surface area contributed by atoms with Gasteiger partial charge in [0.2, 0.25) is 0 Å².